The monoisotopic (exact) mass is 518 g/mol. The summed E-state index contributed by atoms with van der Waals surface area (Å²) in [5, 5.41) is 12.7. The lowest BCUT2D eigenvalue weighted by Crippen LogP contribution is -2.34. The second kappa shape index (κ2) is 9.64. The van der Waals surface area contributed by atoms with E-state index in [1.807, 2.05) is 54.6 Å². The standard InChI is InChI=1S/C25H20BrFN6O/c26-21-10-5-4-9-19(21)24-20-15-18(27)11-12-22(20)32(23(34)16-28-24)13-6-14-33-30-25(29-31-33)17-7-2-1-3-8-17/h1-5,7-12,15H,6,13-14,16H2. The van der Waals surface area contributed by atoms with Crippen LogP contribution in [0.15, 0.2) is 82.3 Å². The van der Waals surface area contributed by atoms with Crippen molar-refractivity contribution in [3.05, 3.63) is 94.2 Å². The molecule has 0 N–H and O–H groups in total. The summed E-state index contributed by atoms with van der Waals surface area (Å²) < 4.78 is 15.1. The lowest BCUT2D eigenvalue weighted by molar-refractivity contribution is -0.117. The molecule has 1 amide bonds. The van der Waals surface area contributed by atoms with Crippen LogP contribution in [0.2, 0.25) is 0 Å². The molecule has 0 bridgehead atoms. The molecule has 0 atom stereocenters. The molecule has 7 nitrogen and oxygen atoms in total. The van der Waals surface area contributed by atoms with Crippen LogP contribution in [0, 0.1) is 5.82 Å². The SMILES string of the molecule is O=C1CN=C(c2ccccc2Br)c2cc(F)ccc2N1CCCn1nnc(-c2ccccc2)n1. The van der Waals surface area contributed by atoms with Gasteiger partial charge in [0, 0.05) is 27.7 Å². The number of benzene rings is 3. The molecule has 0 unspecified atom stereocenters. The number of aliphatic imine (C=N–C) groups is 1. The second-order valence-corrected chi connectivity index (χ2v) is 8.63. The molecule has 170 valence electrons. The van der Waals surface area contributed by atoms with Gasteiger partial charge >= 0.3 is 0 Å². The van der Waals surface area contributed by atoms with Crippen LogP contribution in [0.25, 0.3) is 11.4 Å². The number of amides is 1. The lowest BCUT2D eigenvalue weighted by atomic mass is 10.00. The first-order valence-electron chi connectivity index (χ1n) is 10.8. The van der Waals surface area contributed by atoms with E-state index in [-0.39, 0.29) is 18.3 Å². The predicted octanol–water partition coefficient (Wildman–Crippen LogP) is 4.52. The minimum absolute atomic E-state index is 0.0211. The van der Waals surface area contributed by atoms with Crippen molar-refractivity contribution < 1.29 is 9.18 Å². The van der Waals surface area contributed by atoms with Gasteiger partial charge in [0.15, 0.2) is 0 Å². The predicted molar refractivity (Wildman–Crippen MR) is 131 cm³/mol. The Morgan fingerprint density at radius 2 is 1.74 bits per heavy atom. The van der Waals surface area contributed by atoms with Crippen LogP contribution in [0.5, 0.6) is 0 Å². The number of tetrazole rings is 1. The number of hydrogen-bond acceptors (Lipinski definition) is 5. The van der Waals surface area contributed by atoms with E-state index in [4.69, 9.17) is 0 Å². The number of benzodiazepines with no additional fused rings is 1. The quantitative estimate of drug-likeness (QED) is 0.376. The van der Waals surface area contributed by atoms with Crippen LogP contribution in [-0.4, -0.2) is 44.9 Å². The first kappa shape index (κ1) is 22.1. The number of halogens is 2. The smallest absolute Gasteiger partial charge is 0.248 e. The normalized spacial score (nSPS) is 13.4. The van der Waals surface area contributed by atoms with E-state index in [1.54, 1.807) is 11.0 Å². The summed E-state index contributed by atoms with van der Waals surface area (Å²) in [6.45, 7) is 0.878. The maximum atomic E-state index is 14.3. The summed E-state index contributed by atoms with van der Waals surface area (Å²) in [6, 6.07) is 21.7. The third-order valence-electron chi connectivity index (χ3n) is 5.53. The third-order valence-corrected chi connectivity index (χ3v) is 6.22. The lowest BCUT2D eigenvalue weighted by Gasteiger charge is -2.23. The molecule has 1 aromatic heterocycles. The minimum Gasteiger partial charge on any atom is -0.310 e. The van der Waals surface area contributed by atoms with Gasteiger partial charge < -0.3 is 4.90 Å². The van der Waals surface area contributed by atoms with E-state index in [9.17, 15) is 9.18 Å². The van der Waals surface area contributed by atoms with Gasteiger partial charge in [0.1, 0.15) is 12.4 Å². The van der Waals surface area contributed by atoms with Crippen molar-refractivity contribution in [2.24, 2.45) is 4.99 Å². The Morgan fingerprint density at radius 3 is 2.56 bits per heavy atom. The fourth-order valence-corrected chi connectivity index (χ4v) is 4.40. The zero-order valence-electron chi connectivity index (χ0n) is 18.1. The summed E-state index contributed by atoms with van der Waals surface area (Å²) >= 11 is 3.55. The van der Waals surface area contributed by atoms with Gasteiger partial charge in [-0.1, -0.05) is 64.5 Å². The van der Waals surface area contributed by atoms with Gasteiger partial charge in [-0.3, -0.25) is 9.79 Å². The zero-order chi connectivity index (χ0) is 23.5. The molecule has 4 aromatic rings. The highest BCUT2D eigenvalue weighted by molar-refractivity contribution is 9.10. The van der Waals surface area contributed by atoms with Crippen molar-refractivity contribution in [1.82, 2.24) is 20.2 Å². The van der Waals surface area contributed by atoms with E-state index < -0.39 is 0 Å². The Hall–Kier alpha value is -3.72. The van der Waals surface area contributed by atoms with Gasteiger partial charge in [-0.05, 0) is 35.9 Å². The highest BCUT2D eigenvalue weighted by atomic mass is 79.9. The zero-order valence-corrected chi connectivity index (χ0v) is 19.7. The number of aryl methyl sites for hydroxylation is 1. The molecular formula is C25H20BrFN6O. The van der Waals surface area contributed by atoms with Crippen molar-refractivity contribution in [2.45, 2.75) is 13.0 Å². The summed E-state index contributed by atoms with van der Waals surface area (Å²) in [6.07, 6.45) is 0.595. The van der Waals surface area contributed by atoms with Crippen LogP contribution in [0.1, 0.15) is 17.5 Å². The third kappa shape index (κ3) is 4.51. The molecule has 0 saturated heterocycles. The molecule has 0 fully saturated rings. The Balaban J connectivity index is 1.37. The number of rotatable bonds is 6. The first-order chi connectivity index (χ1) is 16.6. The van der Waals surface area contributed by atoms with E-state index in [1.165, 1.54) is 16.9 Å². The molecule has 0 radical (unpaired) electrons. The Kier molecular flexibility index (Phi) is 6.27. The van der Waals surface area contributed by atoms with Gasteiger partial charge in [-0.25, -0.2) is 4.39 Å². The number of aromatic nitrogens is 4. The van der Waals surface area contributed by atoms with Crippen molar-refractivity contribution in [3.8, 4) is 11.4 Å². The van der Waals surface area contributed by atoms with Crippen LogP contribution in [0.4, 0.5) is 10.1 Å². The van der Waals surface area contributed by atoms with Crippen LogP contribution < -0.4 is 4.90 Å². The topological polar surface area (TPSA) is 76.3 Å². The molecule has 9 heteroatoms. The molecule has 0 aliphatic carbocycles. The maximum absolute atomic E-state index is 14.3. The summed E-state index contributed by atoms with van der Waals surface area (Å²) in [5.74, 6) is 0.0262. The Morgan fingerprint density at radius 1 is 0.941 bits per heavy atom. The molecule has 0 spiro atoms. The largest absolute Gasteiger partial charge is 0.310 e. The molecule has 0 saturated carbocycles. The highest BCUT2D eigenvalue weighted by Gasteiger charge is 2.26. The summed E-state index contributed by atoms with van der Waals surface area (Å²) in [5.41, 5.74) is 3.51. The average molecular weight is 519 g/mol. The van der Waals surface area contributed by atoms with Crippen molar-refractivity contribution >= 4 is 33.2 Å². The van der Waals surface area contributed by atoms with Crippen LogP contribution >= 0.6 is 15.9 Å². The highest BCUT2D eigenvalue weighted by Crippen LogP contribution is 2.30. The summed E-state index contributed by atoms with van der Waals surface area (Å²) in [4.78, 5) is 20.8. The summed E-state index contributed by atoms with van der Waals surface area (Å²) in [7, 11) is 0. The van der Waals surface area contributed by atoms with Crippen molar-refractivity contribution in [3.63, 3.8) is 0 Å². The van der Waals surface area contributed by atoms with E-state index in [0.717, 1.165) is 15.6 Å². The molecular weight excluding hydrogens is 499 g/mol. The average Bonchev–Trinajstić information content (AvgIpc) is 3.28. The molecule has 34 heavy (non-hydrogen) atoms. The Bertz CT molecular complexity index is 1370. The number of anilines is 1. The number of carbonyl (C=O) groups excluding carboxylic acids is 1. The van der Waals surface area contributed by atoms with Crippen LogP contribution in [0.3, 0.4) is 0 Å². The number of hydrogen-bond donors (Lipinski definition) is 0. The molecule has 2 heterocycles. The van der Waals surface area contributed by atoms with Crippen molar-refractivity contribution in [2.75, 3.05) is 18.0 Å². The molecule has 3 aromatic carbocycles. The number of nitrogens with zero attached hydrogens (tertiary/aromatic N) is 6. The van der Waals surface area contributed by atoms with E-state index >= 15 is 0 Å². The first-order valence-corrected chi connectivity index (χ1v) is 11.6. The van der Waals surface area contributed by atoms with Gasteiger partial charge in [0.25, 0.3) is 0 Å². The van der Waals surface area contributed by atoms with Gasteiger partial charge in [0.2, 0.25) is 11.7 Å². The number of carbonyl (C=O) groups is 1. The maximum Gasteiger partial charge on any atom is 0.248 e. The van der Waals surface area contributed by atoms with Crippen molar-refractivity contribution in [1.29, 1.82) is 0 Å². The van der Waals surface area contributed by atoms with Gasteiger partial charge in [-0.2, -0.15) is 4.80 Å². The molecule has 1 aliphatic heterocycles. The number of fused-ring (bicyclic) bond motifs is 1. The minimum atomic E-state index is -0.381. The van der Waals surface area contributed by atoms with Gasteiger partial charge in [0.05, 0.1) is 17.9 Å². The molecule has 1 aliphatic rings. The van der Waals surface area contributed by atoms with E-state index in [2.05, 4.69) is 36.3 Å². The van der Waals surface area contributed by atoms with Gasteiger partial charge in [-0.15, -0.1) is 10.2 Å². The fourth-order valence-electron chi connectivity index (χ4n) is 3.92. The Labute approximate surface area is 204 Å². The van der Waals surface area contributed by atoms with E-state index in [0.29, 0.717) is 42.3 Å². The second-order valence-electron chi connectivity index (χ2n) is 7.78. The molecule has 5 rings (SSSR count). The fraction of sp³-hybridized carbons (Fsp3) is 0.160. The van der Waals surface area contributed by atoms with Crippen LogP contribution in [-0.2, 0) is 11.3 Å².